The van der Waals surface area contributed by atoms with Crippen LogP contribution in [0.5, 0.6) is 0 Å². The maximum atomic E-state index is 8.06. The zero-order chi connectivity index (χ0) is 11.7. The van der Waals surface area contributed by atoms with Gasteiger partial charge in [-0.15, -0.1) is 11.3 Å². The molecule has 0 saturated carbocycles. The molecule has 17 heavy (non-hydrogen) atoms. The zero-order valence-corrected chi connectivity index (χ0v) is 10.1. The van der Waals surface area contributed by atoms with Crippen LogP contribution in [-0.4, -0.2) is 10.7 Å². The third-order valence-corrected chi connectivity index (χ3v) is 3.75. The van der Waals surface area contributed by atoms with Gasteiger partial charge in [-0.05, 0) is 40.6 Å². The van der Waals surface area contributed by atoms with Crippen molar-refractivity contribution in [2.75, 3.05) is 0 Å². The molecule has 0 bridgehead atoms. The average Bonchev–Trinajstić information content (AvgIpc) is 2.99. The average molecular weight is 240 g/mol. The van der Waals surface area contributed by atoms with Crippen molar-refractivity contribution < 1.29 is 0 Å². The molecule has 0 spiro atoms. The van der Waals surface area contributed by atoms with Gasteiger partial charge in [-0.2, -0.15) is 0 Å². The molecule has 84 valence electrons. The van der Waals surface area contributed by atoms with Crippen molar-refractivity contribution in [3.05, 3.63) is 58.4 Å². The molecule has 0 aliphatic carbocycles. The van der Waals surface area contributed by atoms with E-state index in [1.807, 2.05) is 23.7 Å². The van der Waals surface area contributed by atoms with E-state index in [4.69, 9.17) is 5.41 Å². The van der Waals surface area contributed by atoms with Gasteiger partial charge in [-0.1, -0.05) is 12.1 Å². The number of hydrogen-bond donors (Lipinski definition) is 2. The van der Waals surface area contributed by atoms with Gasteiger partial charge in [0.25, 0.3) is 0 Å². The molecule has 3 aromatic rings. The van der Waals surface area contributed by atoms with Gasteiger partial charge in [-0.25, -0.2) is 0 Å². The number of hydrogen-bond acceptors (Lipinski definition) is 2. The van der Waals surface area contributed by atoms with Crippen LogP contribution in [-0.2, 0) is 6.42 Å². The summed E-state index contributed by atoms with van der Waals surface area (Å²) in [5.41, 5.74) is 3.03. The topological polar surface area (TPSA) is 39.6 Å². The molecule has 0 fully saturated rings. The molecular weight excluding hydrogens is 228 g/mol. The number of aromatic amines is 1. The van der Waals surface area contributed by atoms with Gasteiger partial charge in [0.1, 0.15) is 0 Å². The van der Waals surface area contributed by atoms with Crippen molar-refractivity contribution in [2.45, 2.75) is 6.42 Å². The van der Waals surface area contributed by atoms with E-state index >= 15 is 0 Å². The standard InChI is InChI=1S/C14H12N2S/c15-12(14-2-1-7-17-14)9-10-3-4-13-11(8-10)5-6-16-13/h1-8,15-16H,9H2. The molecule has 2 heterocycles. The third kappa shape index (κ3) is 2.01. The number of benzene rings is 1. The second-order valence-electron chi connectivity index (χ2n) is 4.03. The highest BCUT2D eigenvalue weighted by Gasteiger charge is 2.04. The van der Waals surface area contributed by atoms with Crippen molar-refractivity contribution in [2.24, 2.45) is 0 Å². The Hall–Kier alpha value is -1.87. The number of rotatable bonds is 3. The van der Waals surface area contributed by atoms with E-state index in [0.717, 1.165) is 10.4 Å². The van der Waals surface area contributed by atoms with Crippen LogP contribution in [0.1, 0.15) is 10.4 Å². The molecule has 0 aliphatic heterocycles. The summed E-state index contributed by atoms with van der Waals surface area (Å²) in [5.74, 6) is 0. The van der Waals surface area contributed by atoms with Gasteiger partial charge in [0.2, 0.25) is 0 Å². The van der Waals surface area contributed by atoms with E-state index in [0.29, 0.717) is 12.1 Å². The fourth-order valence-corrected chi connectivity index (χ4v) is 2.63. The second-order valence-corrected chi connectivity index (χ2v) is 4.98. The summed E-state index contributed by atoms with van der Waals surface area (Å²) in [6, 6.07) is 12.4. The summed E-state index contributed by atoms with van der Waals surface area (Å²) in [7, 11) is 0. The Morgan fingerprint density at radius 3 is 3.00 bits per heavy atom. The molecule has 2 nitrogen and oxygen atoms in total. The highest BCUT2D eigenvalue weighted by atomic mass is 32.1. The number of H-pyrrole nitrogens is 1. The highest BCUT2D eigenvalue weighted by molar-refractivity contribution is 7.12. The van der Waals surface area contributed by atoms with Crippen molar-refractivity contribution >= 4 is 28.0 Å². The van der Waals surface area contributed by atoms with Crippen LogP contribution in [0, 0.1) is 5.41 Å². The minimum Gasteiger partial charge on any atom is -0.361 e. The van der Waals surface area contributed by atoms with Crippen LogP contribution in [0.2, 0.25) is 0 Å². The summed E-state index contributed by atoms with van der Waals surface area (Å²) >= 11 is 1.62. The minimum absolute atomic E-state index is 0.690. The second kappa shape index (κ2) is 4.18. The summed E-state index contributed by atoms with van der Waals surface area (Å²) < 4.78 is 0. The molecule has 0 unspecified atom stereocenters. The first-order valence-electron chi connectivity index (χ1n) is 5.50. The van der Waals surface area contributed by atoms with Gasteiger partial charge in [0.05, 0.1) is 5.71 Å². The molecule has 1 aromatic carbocycles. The first-order chi connectivity index (χ1) is 8.33. The van der Waals surface area contributed by atoms with Crippen molar-refractivity contribution in [3.8, 4) is 0 Å². The van der Waals surface area contributed by atoms with Crippen LogP contribution in [0.15, 0.2) is 48.0 Å². The predicted molar refractivity (Wildman–Crippen MR) is 73.2 cm³/mol. The van der Waals surface area contributed by atoms with Gasteiger partial charge in [0.15, 0.2) is 0 Å². The molecule has 0 saturated heterocycles. The number of fused-ring (bicyclic) bond motifs is 1. The van der Waals surface area contributed by atoms with Crippen LogP contribution < -0.4 is 0 Å². The molecule has 0 amide bonds. The third-order valence-electron chi connectivity index (χ3n) is 2.82. The van der Waals surface area contributed by atoms with E-state index < -0.39 is 0 Å². The Labute approximate surface area is 103 Å². The molecule has 3 heteroatoms. The monoisotopic (exact) mass is 240 g/mol. The smallest absolute Gasteiger partial charge is 0.0529 e. The van der Waals surface area contributed by atoms with Gasteiger partial charge in [-0.3, -0.25) is 0 Å². The molecule has 0 atom stereocenters. The lowest BCUT2D eigenvalue weighted by Crippen LogP contribution is -2.00. The summed E-state index contributed by atoms with van der Waals surface area (Å²) in [6.45, 7) is 0. The number of nitrogens with one attached hydrogen (secondary N) is 2. The molecule has 0 radical (unpaired) electrons. The first-order valence-corrected chi connectivity index (χ1v) is 6.38. The number of thiophene rings is 1. The normalized spacial score (nSPS) is 10.8. The van der Waals surface area contributed by atoms with E-state index in [-0.39, 0.29) is 0 Å². The van der Waals surface area contributed by atoms with E-state index in [1.165, 1.54) is 10.9 Å². The van der Waals surface area contributed by atoms with Gasteiger partial charge >= 0.3 is 0 Å². The van der Waals surface area contributed by atoms with Gasteiger partial charge in [0, 0.05) is 23.0 Å². The molecular formula is C14H12N2S. The first kappa shape index (κ1) is 10.3. The SMILES string of the molecule is N=C(Cc1ccc2[nH]ccc2c1)c1cccs1. The summed E-state index contributed by atoms with van der Waals surface area (Å²) in [5, 5.41) is 11.3. The van der Waals surface area contributed by atoms with E-state index in [2.05, 4.69) is 29.2 Å². The fraction of sp³-hybridized carbons (Fsp3) is 0.0714. The lowest BCUT2D eigenvalue weighted by molar-refractivity contribution is 1.29. The Bertz CT molecular complexity index is 650. The van der Waals surface area contributed by atoms with Crippen LogP contribution >= 0.6 is 11.3 Å². The molecule has 3 rings (SSSR count). The molecule has 2 N–H and O–H groups in total. The van der Waals surface area contributed by atoms with E-state index in [9.17, 15) is 0 Å². The minimum atomic E-state index is 0.690. The highest BCUT2D eigenvalue weighted by Crippen LogP contribution is 2.17. The summed E-state index contributed by atoms with van der Waals surface area (Å²) in [4.78, 5) is 4.23. The van der Waals surface area contributed by atoms with Gasteiger partial charge < -0.3 is 10.4 Å². The Kier molecular flexibility index (Phi) is 2.53. The quantitative estimate of drug-likeness (QED) is 0.653. The molecule has 0 aliphatic rings. The molecule has 2 aromatic heterocycles. The Morgan fingerprint density at radius 1 is 1.24 bits per heavy atom. The lowest BCUT2D eigenvalue weighted by Gasteiger charge is -2.02. The summed E-state index contributed by atoms with van der Waals surface area (Å²) in [6.07, 6.45) is 2.64. The Balaban J connectivity index is 1.87. The lowest BCUT2D eigenvalue weighted by atomic mass is 10.1. The maximum absolute atomic E-state index is 8.06. The number of aromatic nitrogens is 1. The van der Waals surface area contributed by atoms with Crippen molar-refractivity contribution in [1.29, 1.82) is 5.41 Å². The Morgan fingerprint density at radius 2 is 2.18 bits per heavy atom. The van der Waals surface area contributed by atoms with E-state index in [1.54, 1.807) is 11.3 Å². The van der Waals surface area contributed by atoms with Crippen LogP contribution in [0.4, 0.5) is 0 Å². The van der Waals surface area contributed by atoms with Crippen LogP contribution in [0.3, 0.4) is 0 Å². The largest absolute Gasteiger partial charge is 0.361 e. The van der Waals surface area contributed by atoms with Crippen LogP contribution in [0.25, 0.3) is 10.9 Å². The van der Waals surface area contributed by atoms with Crippen molar-refractivity contribution in [3.63, 3.8) is 0 Å². The zero-order valence-electron chi connectivity index (χ0n) is 9.23. The van der Waals surface area contributed by atoms with Crippen molar-refractivity contribution in [1.82, 2.24) is 4.98 Å². The maximum Gasteiger partial charge on any atom is 0.0529 e. The predicted octanol–water partition coefficient (Wildman–Crippen LogP) is 3.84. The fourth-order valence-electron chi connectivity index (χ4n) is 1.95.